The zero-order chi connectivity index (χ0) is 22.8. The zero-order valence-electron chi connectivity index (χ0n) is 18.3. The van der Waals surface area contributed by atoms with Crippen molar-refractivity contribution in [2.75, 3.05) is 6.54 Å². The van der Waals surface area contributed by atoms with E-state index in [0.29, 0.717) is 31.0 Å². The van der Waals surface area contributed by atoms with E-state index in [1.807, 2.05) is 79.7 Å². The van der Waals surface area contributed by atoms with Crippen molar-refractivity contribution in [1.82, 2.24) is 10.2 Å². The normalized spacial score (nSPS) is 11.6. The first-order valence-electron chi connectivity index (χ1n) is 11.0. The molecule has 0 fully saturated rings. The van der Waals surface area contributed by atoms with Crippen molar-refractivity contribution in [3.8, 4) is 0 Å². The fourth-order valence-electron chi connectivity index (χ4n) is 3.64. The lowest BCUT2D eigenvalue weighted by molar-refractivity contribution is -0.141. The summed E-state index contributed by atoms with van der Waals surface area (Å²) < 4.78 is 0. The van der Waals surface area contributed by atoms with Gasteiger partial charge in [0, 0.05) is 31.0 Å². The topological polar surface area (TPSA) is 49.4 Å². The van der Waals surface area contributed by atoms with Crippen LogP contribution in [0.5, 0.6) is 0 Å². The number of halogens is 1. The molecular formula is C27H29ClN2O2. The minimum Gasteiger partial charge on any atom is -0.354 e. The Hall–Kier alpha value is -3.11. The molecule has 0 aliphatic rings. The van der Waals surface area contributed by atoms with Gasteiger partial charge in [0.25, 0.3) is 0 Å². The summed E-state index contributed by atoms with van der Waals surface area (Å²) in [6, 6.07) is 26.7. The molecule has 0 bridgehead atoms. The summed E-state index contributed by atoms with van der Waals surface area (Å²) in [6.07, 6.45) is 1.52. The number of hydrogen-bond acceptors (Lipinski definition) is 2. The molecule has 0 unspecified atom stereocenters. The molecule has 0 saturated carbocycles. The van der Waals surface area contributed by atoms with Crippen LogP contribution in [0, 0.1) is 0 Å². The average Bonchev–Trinajstić information content (AvgIpc) is 2.83. The first kappa shape index (κ1) is 23.6. The van der Waals surface area contributed by atoms with Gasteiger partial charge in [-0.25, -0.2) is 0 Å². The third kappa shape index (κ3) is 6.96. The summed E-state index contributed by atoms with van der Waals surface area (Å²) in [6.45, 7) is 2.70. The van der Waals surface area contributed by atoms with E-state index in [-0.39, 0.29) is 11.8 Å². The minimum absolute atomic E-state index is 0.0564. The Labute approximate surface area is 195 Å². The minimum atomic E-state index is -0.601. The molecule has 3 aromatic rings. The van der Waals surface area contributed by atoms with E-state index in [2.05, 4.69) is 5.32 Å². The van der Waals surface area contributed by atoms with Crippen molar-refractivity contribution in [3.05, 3.63) is 107 Å². The van der Waals surface area contributed by atoms with Crippen LogP contribution < -0.4 is 5.32 Å². The van der Waals surface area contributed by atoms with E-state index in [9.17, 15) is 9.59 Å². The summed E-state index contributed by atoms with van der Waals surface area (Å²) in [5.41, 5.74) is 3.11. The first-order valence-corrected chi connectivity index (χ1v) is 11.3. The lowest BCUT2D eigenvalue weighted by atomic mass is 10.0. The quantitative estimate of drug-likeness (QED) is 0.472. The second-order valence-corrected chi connectivity index (χ2v) is 8.17. The van der Waals surface area contributed by atoms with Gasteiger partial charge >= 0.3 is 0 Å². The second kappa shape index (κ2) is 12.1. The molecule has 2 amide bonds. The van der Waals surface area contributed by atoms with Gasteiger partial charge in [-0.3, -0.25) is 9.59 Å². The predicted octanol–water partition coefficient (Wildman–Crippen LogP) is 5.05. The average molecular weight is 449 g/mol. The molecule has 1 N–H and O–H groups in total. The SMILES string of the molecule is CCC(=O)N(Cc1ccc(Cl)cc1)[C@@H](Cc1ccccc1)C(=O)NCCc1ccccc1. The summed E-state index contributed by atoms with van der Waals surface area (Å²) in [7, 11) is 0. The van der Waals surface area contributed by atoms with Gasteiger partial charge in [-0.15, -0.1) is 0 Å². The molecule has 0 radical (unpaired) electrons. The highest BCUT2D eigenvalue weighted by atomic mass is 35.5. The largest absolute Gasteiger partial charge is 0.354 e. The maximum Gasteiger partial charge on any atom is 0.243 e. The van der Waals surface area contributed by atoms with Crippen LogP contribution in [0.2, 0.25) is 5.02 Å². The number of rotatable bonds is 10. The van der Waals surface area contributed by atoms with Crippen LogP contribution >= 0.6 is 11.6 Å². The Morgan fingerprint density at radius 3 is 2.03 bits per heavy atom. The third-order valence-electron chi connectivity index (χ3n) is 5.40. The lowest BCUT2D eigenvalue weighted by Crippen LogP contribution is -2.50. The number of benzene rings is 3. The smallest absolute Gasteiger partial charge is 0.243 e. The van der Waals surface area contributed by atoms with Crippen LogP contribution in [-0.2, 0) is 29.0 Å². The van der Waals surface area contributed by atoms with Crippen molar-refractivity contribution in [1.29, 1.82) is 0 Å². The van der Waals surface area contributed by atoms with E-state index < -0.39 is 6.04 Å². The maximum atomic E-state index is 13.3. The van der Waals surface area contributed by atoms with Gasteiger partial charge in [-0.05, 0) is 35.2 Å². The van der Waals surface area contributed by atoms with Crippen molar-refractivity contribution in [2.45, 2.75) is 38.8 Å². The highest BCUT2D eigenvalue weighted by molar-refractivity contribution is 6.30. The fourth-order valence-corrected chi connectivity index (χ4v) is 3.76. The monoisotopic (exact) mass is 448 g/mol. The van der Waals surface area contributed by atoms with Crippen LogP contribution in [0.15, 0.2) is 84.9 Å². The Morgan fingerprint density at radius 2 is 1.44 bits per heavy atom. The molecule has 32 heavy (non-hydrogen) atoms. The molecule has 3 aromatic carbocycles. The van der Waals surface area contributed by atoms with Crippen molar-refractivity contribution in [3.63, 3.8) is 0 Å². The maximum absolute atomic E-state index is 13.3. The number of carbonyl (C=O) groups excluding carboxylic acids is 2. The molecule has 1 atom stereocenters. The molecule has 0 aliphatic carbocycles. The Bertz CT molecular complexity index is 991. The van der Waals surface area contributed by atoms with Crippen LogP contribution in [0.1, 0.15) is 30.0 Å². The fraction of sp³-hybridized carbons (Fsp3) is 0.259. The van der Waals surface area contributed by atoms with Crippen LogP contribution in [0.3, 0.4) is 0 Å². The van der Waals surface area contributed by atoms with Crippen LogP contribution in [-0.4, -0.2) is 29.3 Å². The van der Waals surface area contributed by atoms with Crippen LogP contribution in [0.25, 0.3) is 0 Å². The summed E-state index contributed by atoms with van der Waals surface area (Å²) >= 11 is 6.02. The zero-order valence-corrected chi connectivity index (χ0v) is 19.1. The van der Waals surface area contributed by atoms with Gasteiger partial charge in [0.1, 0.15) is 6.04 Å². The predicted molar refractivity (Wildman–Crippen MR) is 129 cm³/mol. The van der Waals surface area contributed by atoms with E-state index in [0.717, 1.165) is 23.1 Å². The highest BCUT2D eigenvalue weighted by Crippen LogP contribution is 2.17. The van der Waals surface area contributed by atoms with Crippen molar-refractivity contribution in [2.24, 2.45) is 0 Å². The molecule has 5 heteroatoms. The van der Waals surface area contributed by atoms with E-state index in [1.54, 1.807) is 17.0 Å². The molecule has 4 nitrogen and oxygen atoms in total. The first-order chi connectivity index (χ1) is 15.6. The Balaban J connectivity index is 1.79. The molecule has 0 heterocycles. The standard InChI is InChI=1S/C27H29ClN2O2/c1-2-26(31)30(20-23-13-15-24(28)16-14-23)25(19-22-11-7-4-8-12-22)27(32)29-18-17-21-9-5-3-6-10-21/h3-16,25H,2,17-20H2,1H3,(H,29,32)/t25-/m0/s1. The lowest BCUT2D eigenvalue weighted by Gasteiger charge is -2.31. The molecule has 0 aromatic heterocycles. The van der Waals surface area contributed by atoms with Crippen LogP contribution in [0.4, 0.5) is 0 Å². The van der Waals surface area contributed by atoms with Gasteiger partial charge in [0.05, 0.1) is 0 Å². The van der Waals surface area contributed by atoms with Gasteiger partial charge in [-0.2, -0.15) is 0 Å². The summed E-state index contributed by atoms with van der Waals surface area (Å²) in [5.74, 6) is -0.195. The molecule has 166 valence electrons. The van der Waals surface area contributed by atoms with Crippen molar-refractivity contribution < 1.29 is 9.59 Å². The number of hydrogen-bond donors (Lipinski definition) is 1. The van der Waals surface area contributed by atoms with E-state index in [1.165, 1.54) is 0 Å². The van der Waals surface area contributed by atoms with Gasteiger partial charge < -0.3 is 10.2 Å². The molecule has 0 aliphatic heterocycles. The Kier molecular flexibility index (Phi) is 8.88. The molecule has 0 saturated heterocycles. The molecule has 0 spiro atoms. The van der Waals surface area contributed by atoms with Gasteiger partial charge in [0.15, 0.2) is 0 Å². The summed E-state index contributed by atoms with van der Waals surface area (Å²) in [4.78, 5) is 27.9. The second-order valence-electron chi connectivity index (χ2n) is 7.73. The molecular weight excluding hydrogens is 420 g/mol. The number of nitrogens with zero attached hydrogens (tertiary/aromatic N) is 1. The van der Waals surface area contributed by atoms with Gasteiger partial charge in [-0.1, -0.05) is 91.3 Å². The van der Waals surface area contributed by atoms with E-state index in [4.69, 9.17) is 11.6 Å². The van der Waals surface area contributed by atoms with Crippen molar-refractivity contribution >= 4 is 23.4 Å². The number of carbonyl (C=O) groups is 2. The summed E-state index contributed by atoms with van der Waals surface area (Å²) in [5, 5.41) is 3.69. The Morgan fingerprint density at radius 1 is 0.844 bits per heavy atom. The highest BCUT2D eigenvalue weighted by Gasteiger charge is 2.29. The number of amides is 2. The third-order valence-corrected chi connectivity index (χ3v) is 5.65. The van der Waals surface area contributed by atoms with E-state index >= 15 is 0 Å². The van der Waals surface area contributed by atoms with Gasteiger partial charge in [0.2, 0.25) is 11.8 Å². The molecule has 3 rings (SSSR count). The number of nitrogens with one attached hydrogen (secondary N) is 1.